The number of fused-ring (bicyclic) bond motifs is 1. The van der Waals surface area contributed by atoms with Crippen molar-refractivity contribution in [2.75, 3.05) is 18.8 Å². The molecule has 0 bridgehead atoms. The van der Waals surface area contributed by atoms with Gasteiger partial charge in [0.1, 0.15) is 5.69 Å². The number of anilines is 1. The molecule has 1 saturated heterocycles. The van der Waals surface area contributed by atoms with Gasteiger partial charge in [-0.1, -0.05) is 54.6 Å². The van der Waals surface area contributed by atoms with Gasteiger partial charge in [-0.2, -0.15) is 0 Å². The maximum absolute atomic E-state index is 12.7. The molecule has 1 aliphatic rings. The normalized spacial score (nSPS) is 14.8. The van der Waals surface area contributed by atoms with E-state index in [9.17, 15) is 9.59 Å². The van der Waals surface area contributed by atoms with Gasteiger partial charge in [-0.3, -0.25) is 14.3 Å². The highest BCUT2D eigenvalue weighted by atomic mass is 16.1. The van der Waals surface area contributed by atoms with Crippen molar-refractivity contribution in [1.82, 2.24) is 24.4 Å². The third-order valence-corrected chi connectivity index (χ3v) is 7.44. The summed E-state index contributed by atoms with van der Waals surface area (Å²) in [6, 6.07) is 23.9. The second kappa shape index (κ2) is 9.79. The molecule has 5 aromatic rings. The van der Waals surface area contributed by atoms with Crippen LogP contribution in [0.2, 0.25) is 0 Å². The highest BCUT2D eigenvalue weighted by molar-refractivity contribution is 5.79. The molecule has 1 fully saturated rings. The molecule has 6 rings (SSSR count). The Hall–Kier alpha value is -4.43. The molecule has 8 nitrogen and oxygen atoms in total. The second-order valence-corrected chi connectivity index (χ2v) is 10.0. The maximum Gasteiger partial charge on any atom is 0.326 e. The minimum Gasteiger partial charge on any atom is -0.399 e. The molecule has 0 unspecified atom stereocenters. The smallest absolute Gasteiger partial charge is 0.326 e. The Bertz CT molecular complexity index is 1710. The first-order valence-corrected chi connectivity index (χ1v) is 12.9. The summed E-state index contributed by atoms with van der Waals surface area (Å²) in [6.45, 7) is 4.37. The highest BCUT2D eigenvalue weighted by Gasteiger charge is 2.24. The maximum atomic E-state index is 12.7. The van der Waals surface area contributed by atoms with Crippen LogP contribution in [0.1, 0.15) is 30.1 Å². The lowest BCUT2D eigenvalue weighted by Crippen LogP contribution is -2.36. The Balaban J connectivity index is 1.17. The summed E-state index contributed by atoms with van der Waals surface area (Å²) < 4.78 is 1.87. The summed E-state index contributed by atoms with van der Waals surface area (Å²) in [6.07, 6.45) is 1.80. The Morgan fingerprint density at radius 1 is 0.921 bits per heavy atom. The number of nitrogens with one attached hydrogen (secondary N) is 2. The number of benzene rings is 3. The van der Waals surface area contributed by atoms with Gasteiger partial charge in [-0.05, 0) is 43.5 Å². The summed E-state index contributed by atoms with van der Waals surface area (Å²) in [4.78, 5) is 38.1. The number of imidazole rings is 1. The fourth-order valence-corrected chi connectivity index (χ4v) is 5.42. The second-order valence-electron chi connectivity index (χ2n) is 10.0. The largest absolute Gasteiger partial charge is 0.399 e. The highest BCUT2D eigenvalue weighted by Crippen LogP contribution is 2.29. The van der Waals surface area contributed by atoms with E-state index in [1.165, 1.54) is 5.56 Å². The molecule has 192 valence electrons. The third-order valence-electron chi connectivity index (χ3n) is 7.44. The van der Waals surface area contributed by atoms with Gasteiger partial charge in [0.05, 0.1) is 22.4 Å². The number of aryl methyl sites for hydroxylation is 1. The number of aromatic amines is 2. The Kier molecular flexibility index (Phi) is 6.17. The quantitative estimate of drug-likeness (QED) is 0.304. The number of piperidine rings is 1. The topological polar surface area (TPSA) is 113 Å². The van der Waals surface area contributed by atoms with Gasteiger partial charge in [0.2, 0.25) is 0 Å². The third kappa shape index (κ3) is 4.54. The molecule has 8 heteroatoms. The van der Waals surface area contributed by atoms with Gasteiger partial charge in [-0.25, -0.2) is 9.78 Å². The van der Waals surface area contributed by atoms with E-state index >= 15 is 0 Å². The van der Waals surface area contributed by atoms with E-state index in [0.717, 1.165) is 66.0 Å². The van der Waals surface area contributed by atoms with E-state index in [1.807, 2.05) is 65.2 Å². The van der Waals surface area contributed by atoms with Crippen molar-refractivity contribution in [2.45, 2.75) is 32.4 Å². The Morgan fingerprint density at radius 3 is 2.39 bits per heavy atom. The van der Waals surface area contributed by atoms with E-state index in [0.29, 0.717) is 11.4 Å². The number of likely N-dealkylation sites (tertiary alicyclic amines) is 1. The zero-order chi connectivity index (χ0) is 26.2. The Labute approximate surface area is 219 Å². The van der Waals surface area contributed by atoms with Gasteiger partial charge in [0.25, 0.3) is 5.56 Å². The summed E-state index contributed by atoms with van der Waals surface area (Å²) in [7, 11) is 0. The minimum absolute atomic E-state index is 0.0712. The average molecular weight is 507 g/mol. The van der Waals surface area contributed by atoms with Crippen LogP contribution in [0.5, 0.6) is 0 Å². The molecule has 3 aromatic carbocycles. The molecule has 0 radical (unpaired) electrons. The molecular weight excluding hydrogens is 476 g/mol. The van der Waals surface area contributed by atoms with E-state index in [4.69, 9.17) is 5.73 Å². The number of aromatic nitrogens is 4. The summed E-state index contributed by atoms with van der Waals surface area (Å²) in [5.74, 6) is 0. The number of nitrogens with two attached hydrogens (primary N) is 1. The number of H-pyrrole nitrogens is 2. The van der Waals surface area contributed by atoms with Crippen LogP contribution in [0.4, 0.5) is 5.69 Å². The summed E-state index contributed by atoms with van der Waals surface area (Å²) >= 11 is 0. The van der Waals surface area contributed by atoms with Crippen LogP contribution in [0.3, 0.4) is 0 Å². The predicted molar refractivity (Wildman–Crippen MR) is 151 cm³/mol. The zero-order valence-electron chi connectivity index (χ0n) is 21.3. The van der Waals surface area contributed by atoms with Gasteiger partial charge in [-0.15, -0.1) is 0 Å². The lowest BCUT2D eigenvalue weighted by molar-refractivity contribution is 0.180. The first-order valence-electron chi connectivity index (χ1n) is 12.9. The van der Waals surface area contributed by atoms with Gasteiger partial charge >= 0.3 is 5.69 Å². The molecule has 0 atom stereocenters. The van der Waals surface area contributed by atoms with Crippen LogP contribution in [0.15, 0.2) is 82.4 Å². The van der Waals surface area contributed by atoms with Crippen LogP contribution < -0.4 is 17.0 Å². The van der Waals surface area contributed by atoms with E-state index in [-0.39, 0.29) is 17.3 Å². The molecule has 1 aliphatic heterocycles. The number of nitrogens with zero attached hydrogens (tertiary/aromatic N) is 3. The standard InChI is InChI=1S/C30H30N6O2/c1-19-29(37)34-28(27(32-19)21-5-3-2-4-6-21)22-9-7-20(8-10-22)18-35-15-13-24(14-16-35)36-26-17-23(31)11-12-25(26)33-30(36)38/h2-12,17,24H,13-16,18,31H2,1H3,(H,33,38)(H,34,37). The van der Waals surface area contributed by atoms with Crippen molar-refractivity contribution in [2.24, 2.45) is 0 Å². The van der Waals surface area contributed by atoms with E-state index < -0.39 is 0 Å². The van der Waals surface area contributed by atoms with Crippen LogP contribution in [-0.2, 0) is 6.54 Å². The number of rotatable bonds is 5. The van der Waals surface area contributed by atoms with Crippen LogP contribution >= 0.6 is 0 Å². The molecule has 2 aromatic heterocycles. The monoisotopic (exact) mass is 506 g/mol. The Morgan fingerprint density at radius 2 is 1.66 bits per heavy atom. The first kappa shape index (κ1) is 23.9. The van der Waals surface area contributed by atoms with Crippen molar-refractivity contribution in [3.05, 3.63) is 105 Å². The minimum atomic E-state index is -0.177. The lowest BCUT2D eigenvalue weighted by atomic mass is 10.0. The van der Waals surface area contributed by atoms with E-state index in [2.05, 4.69) is 32.0 Å². The fourth-order valence-electron chi connectivity index (χ4n) is 5.42. The fraction of sp³-hybridized carbons (Fsp3) is 0.233. The van der Waals surface area contributed by atoms with Gasteiger partial charge in [0, 0.05) is 42.5 Å². The SMILES string of the molecule is Cc1nc(-c2ccccc2)c(-c2ccc(CN3CCC(n4c(=O)[nH]c5ccc(N)cc54)CC3)cc2)[nH]c1=O. The molecular formula is C30H30N6O2. The molecule has 3 heterocycles. The van der Waals surface area contributed by atoms with Crippen molar-refractivity contribution < 1.29 is 0 Å². The molecule has 4 N–H and O–H groups in total. The number of nitrogen functional groups attached to an aromatic ring is 1. The lowest BCUT2D eigenvalue weighted by Gasteiger charge is -2.32. The molecule has 0 amide bonds. The molecule has 0 spiro atoms. The van der Waals surface area contributed by atoms with Gasteiger partial charge < -0.3 is 15.7 Å². The zero-order valence-corrected chi connectivity index (χ0v) is 21.3. The van der Waals surface area contributed by atoms with Crippen LogP contribution in [0, 0.1) is 6.92 Å². The van der Waals surface area contributed by atoms with Crippen molar-refractivity contribution >= 4 is 16.7 Å². The van der Waals surface area contributed by atoms with Crippen molar-refractivity contribution in [3.63, 3.8) is 0 Å². The first-order chi connectivity index (χ1) is 18.5. The summed E-state index contributed by atoms with van der Waals surface area (Å²) in [5, 5.41) is 0. The molecule has 38 heavy (non-hydrogen) atoms. The predicted octanol–water partition coefficient (Wildman–Crippen LogP) is 4.47. The van der Waals surface area contributed by atoms with Crippen molar-refractivity contribution in [3.8, 4) is 22.5 Å². The van der Waals surface area contributed by atoms with Gasteiger partial charge in [0.15, 0.2) is 0 Å². The van der Waals surface area contributed by atoms with Crippen LogP contribution in [-0.4, -0.2) is 37.5 Å². The number of hydrogen-bond donors (Lipinski definition) is 3. The van der Waals surface area contributed by atoms with E-state index in [1.54, 1.807) is 6.92 Å². The average Bonchev–Trinajstić information content (AvgIpc) is 3.26. The summed E-state index contributed by atoms with van der Waals surface area (Å²) in [5.41, 5.74) is 13.1. The van der Waals surface area contributed by atoms with Crippen LogP contribution in [0.25, 0.3) is 33.5 Å². The number of hydrogen-bond acceptors (Lipinski definition) is 5. The molecule has 0 saturated carbocycles. The van der Waals surface area contributed by atoms with Crippen molar-refractivity contribution in [1.29, 1.82) is 0 Å². The molecule has 0 aliphatic carbocycles.